The highest BCUT2D eigenvalue weighted by molar-refractivity contribution is 7.47. The molecule has 0 saturated heterocycles. The number of carbonyl (C=O) groups is 4. The molecule has 564 valence electrons. The van der Waals surface area contributed by atoms with E-state index in [1.165, 1.54) is 186 Å². The maximum atomic E-state index is 13.1. The highest BCUT2D eigenvalue weighted by Gasteiger charge is 2.30. The lowest BCUT2D eigenvalue weighted by Crippen LogP contribution is -2.30. The van der Waals surface area contributed by atoms with Crippen molar-refractivity contribution in [1.29, 1.82) is 0 Å². The summed E-state index contributed by atoms with van der Waals surface area (Å²) < 4.78 is 68.6. The Morgan fingerprint density at radius 3 is 0.653 bits per heavy atom. The van der Waals surface area contributed by atoms with Crippen molar-refractivity contribution in [3.8, 4) is 0 Å². The normalized spacial score (nSPS) is 14.1. The molecule has 0 aromatic heterocycles. The lowest BCUT2D eigenvalue weighted by Gasteiger charge is -2.21. The van der Waals surface area contributed by atoms with Gasteiger partial charge < -0.3 is 33.8 Å². The van der Waals surface area contributed by atoms with Crippen LogP contribution in [0.2, 0.25) is 0 Å². The van der Waals surface area contributed by atoms with Crippen molar-refractivity contribution >= 4 is 39.5 Å². The van der Waals surface area contributed by atoms with Gasteiger partial charge in [-0.1, -0.05) is 331 Å². The molecule has 0 aliphatic heterocycles. The third-order valence-electron chi connectivity index (χ3n) is 17.6. The molecule has 5 atom stereocenters. The van der Waals surface area contributed by atoms with Gasteiger partial charge in [-0.2, -0.15) is 0 Å². The molecular formula is C76H148O17P2. The summed E-state index contributed by atoms with van der Waals surface area (Å²) in [4.78, 5) is 72.9. The van der Waals surface area contributed by atoms with E-state index in [4.69, 9.17) is 37.0 Å². The maximum absolute atomic E-state index is 13.1. The van der Waals surface area contributed by atoms with Gasteiger partial charge in [0.2, 0.25) is 0 Å². The predicted molar refractivity (Wildman–Crippen MR) is 386 cm³/mol. The Morgan fingerprint density at radius 1 is 0.263 bits per heavy atom. The van der Waals surface area contributed by atoms with Crippen LogP contribution in [0.5, 0.6) is 0 Å². The van der Waals surface area contributed by atoms with Gasteiger partial charge in [0, 0.05) is 25.7 Å². The van der Waals surface area contributed by atoms with Crippen LogP contribution in [0.3, 0.4) is 0 Å². The second-order valence-corrected chi connectivity index (χ2v) is 32.2. The molecule has 0 saturated carbocycles. The average Bonchev–Trinajstić information content (AvgIpc) is 2.47. The number of rotatable bonds is 73. The van der Waals surface area contributed by atoms with Gasteiger partial charge in [0.15, 0.2) is 12.2 Å². The highest BCUT2D eigenvalue weighted by atomic mass is 31.2. The standard InChI is InChI=1S/C76H148O17P2/c1-66(2)52-44-36-28-20-13-10-9-11-15-25-34-42-50-58-75(80)92-71(62-86-73(78)56-48-40-32-24-16-12-14-21-29-37-45-53-67(3)4)64-90-94(82,83)88-60-70(77)61-89-95(84,85)91-65-72(63-87-74(79)57-49-41-33-27-19-23-31-39-47-55-69(7)8)93-76(81)59-51-43-35-26-18-17-22-30-38-46-54-68(5)6/h66-72,77H,9-65H2,1-8H3,(H,82,83)(H,84,85)/t70-,71-,72-/m1/s1. The van der Waals surface area contributed by atoms with Gasteiger partial charge in [0.25, 0.3) is 0 Å². The second-order valence-electron chi connectivity index (χ2n) is 29.3. The zero-order valence-corrected chi connectivity index (χ0v) is 64.1. The average molecular weight is 1400 g/mol. The fourth-order valence-electron chi connectivity index (χ4n) is 11.6. The van der Waals surface area contributed by atoms with E-state index in [1.807, 2.05) is 0 Å². The maximum Gasteiger partial charge on any atom is 0.472 e. The van der Waals surface area contributed by atoms with Crippen LogP contribution in [-0.4, -0.2) is 96.7 Å². The van der Waals surface area contributed by atoms with Crippen LogP contribution in [0.25, 0.3) is 0 Å². The number of hydrogen-bond donors (Lipinski definition) is 3. The molecule has 0 bridgehead atoms. The van der Waals surface area contributed by atoms with Crippen LogP contribution in [0, 0.1) is 23.7 Å². The number of carbonyl (C=O) groups excluding carboxylic acids is 4. The number of phosphoric acid groups is 2. The number of aliphatic hydroxyl groups is 1. The van der Waals surface area contributed by atoms with Crippen LogP contribution in [0.15, 0.2) is 0 Å². The van der Waals surface area contributed by atoms with Crippen LogP contribution >= 0.6 is 15.6 Å². The first-order valence-electron chi connectivity index (χ1n) is 39.2. The Morgan fingerprint density at radius 2 is 0.442 bits per heavy atom. The SMILES string of the molecule is CC(C)CCCCCCCCCCCCCCCC(=O)O[C@H](COC(=O)CCCCCCCCCCCCCC(C)C)COP(=O)(O)OC[C@@H](O)COP(=O)(O)OC[C@@H](COC(=O)CCCCCCCCCCCC(C)C)OC(=O)CCCCCCCCCCCCC(C)C. The Balaban J connectivity index is 5.27. The first-order chi connectivity index (χ1) is 45.6. The lowest BCUT2D eigenvalue weighted by molar-refractivity contribution is -0.161. The van der Waals surface area contributed by atoms with Crippen LogP contribution in [0.1, 0.15) is 383 Å². The highest BCUT2D eigenvalue weighted by Crippen LogP contribution is 2.45. The molecular weight excluding hydrogens is 1250 g/mol. The fraction of sp³-hybridized carbons (Fsp3) is 0.947. The molecule has 2 unspecified atom stereocenters. The summed E-state index contributed by atoms with van der Waals surface area (Å²) in [7, 11) is -9.91. The fourth-order valence-corrected chi connectivity index (χ4v) is 13.1. The topological polar surface area (TPSA) is 237 Å². The van der Waals surface area contributed by atoms with E-state index in [-0.39, 0.29) is 25.7 Å². The number of ether oxygens (including phenoxy) is 4. The zero-order chi connectivity index (χ0) is 70.3. The molecule has 0 aromatic rings. The van der Waals surface area contributed by atoms with Gasteiger partial charge >= 0.3 is 39.5 Å². The second kappa shape index (κ2) is 65.4. The van der Waals surface area contributed by atoms with E-state index in [0.29, 0.717) is 25.7 Å². The molecule has 17 nitrogen and oxygen atoms in total. The molecule has 0 aliphatic carbocycles. The first kappa shape index (κ1) is 93.1. The van der Waals surface area contributed by atoms with E-state index in [1.54, 1.807) is 0 Å². The summed E-state index contributed by atoms with van der Waals surface area (Å²) in [6, 6.07) is 0. The number of unbranched alkanes of at least 4 members (excludes halogenated alkanes) is 39. The Hall–Kier alpha value is -1.94. The summed E-state index contributed by atoms with van der Waals surface area (Å²) >= 11 is 0. The van der Waals surface area contributed by atoms with Gasteiger partial charge in [-0.3, -0.25) is 37.3 Å². The van der Waals surface area contributed by atoms with Crippen LogP contribution < -0.4 is 0 Å². The lowest BCUT2D eigenvalue weighted by atomic mass is 10.0. The van der Waals surface area contributed by atoms with Gasteiger partial charge in [-0.05, 0) is 49.4 Å². The smallest absolute Gasteiger partial charge is 0.462 e. The van der Waals surface area contributed by atoms with Crippen molar-refractivity contribution in [3.63, 3.8) is 0 Å². The molecule has 0 heterocycles. The van der Waals surface area contributed by atoms with Gasteiger partial charge in [0.05, 0.1) is 26.4 Å². The summed E-state index contributed by atoms with van der Waals surface area (Å²) in [5.41, 5.74) is 0. The van der Waals surface area contributed by atoms with E-state index in [2.05, 4.69) is 55.4 Å². The van der Waals surface area contributed by atoms with Crippen molar-refractivity contribution in [2.45, 2.75) is 401 Å². The van der Waals surface area contributed by atoms with Crippen molar-refractivity contribution in [2.24, 2.45) is 23.7 Å². The number of hydrogen-bond acceptors (Lipinski definition) is 15. The molecule has 3 N–H and O–H groups in total. The van der Waals surface area contributed by atoms with Crippen molar-refractivity contribution in [1.82, 2.24) is 0 Å². The monoisotopic (exact) mass is 1400 g/mol. The van der Waals surface area contributed by atoms with Crippen molar-refractivity contribution in [2.75, 3.05) is 39.6 Å². The molecule has 0 fully saturated rings. The van der Waals surface area contributed by atoms with Crippen molar-refractivity contribution in [3.05, 3.63) is 0 Å². The Kier molecular flexibility index (Phi) is 64.0. The van der Waals surface area contributed by atoms with E-state index < -0.39 is 97.5 Å². The third-order valence-corrected chi connectivity index (χ3v) is 19.5. The molecule has 0 rings (SSSR count). The minimum Gasteiger partial charge on any atom is -0.462 e. The molecule has 95 heavy (non-hydrogen) atoms. The van der Waals surface area contributed by atoms with Crippen molar-refractivity contribution < 1.29 is 80.2 Å². The van der Waals surface area contributed by atoms with Gasteiger partial charge in [-0.25, -0.2) is 9.13 Å². The third kappa shape index (κ3) is 70.3. The molecule has 0 aliphatic rings. The van der Waals surface area contributed by atoms with E-state index in [0.717, 1.165) is 114 Å². The molecule has 0 spiro atoms. The summed E-state index contributed by atoms with van der Waals surface area (Å²) in [6.45, 7) is 14.2. The van der Waals surface area contributed by atoms with E-state index in [9.17, 15) is 43.2 Å². The van der Waals surface area contributed by atoms with E-state index >= 15 is 0 Å². The number of phosphoric ester groups is 2. The molecule has 0 amide bonds. The van der Waals surface area contributed by atoms with Gasteiger partial charge in [0.1, 0.15) is 19.3 Å². The summed E-state index contributed by atoms with van der Waals surface area (Å²) in [5, 5.41) is 10.6. The number of esters is 4. The summed E-state index contributed by atoms with van der Waals surface area (Å²) in [6.07, 6.45) is 49.9. The molecule has 0 radical (unpaired) electrons. The Labute approximate surface area is 581 Å². The molecule has 19 heteroatoms. The zero-order valence-electron chi connectivity index (χ0n) is 62.3. The minimum absolute atomic E-state index is 0.105. The first-order valence-corrected chi connectivity index (χ1v) is 42.2. The van der Waals surface area contributed by atoms with Crippen LogP contribution in [-0.2, 0) is 65.4 Å². The summed E-state index contributed by atoms with van der Waals surface area (Å²) in [5.74, 6) is 0.934. The largest absolute Gasteiger partial charge is 0.472 e. The minimum atomic E-state index is -4.96. The quantitative estimate of drug-likeness (QED) is 0.0222. The van der Waals surface area contributed by atoms with Gasteiger partial charge in [-0.15, -0.1) is 0 Å². The molecule has 0 aromatic carbocycles. The van der Waals surface area contributed by atoms with Crippen LogP contribution in [0.4, 0.5) is 0 Å². The Bertz CT molecular complexity index is 1870. The predicted octanol–water partition coefficient (Wildman–Crippen LogP) is 22.0. The number of aliphatic hydroxyl groups excluding tert-OH is 1.